The summed E-state index contributed by atoms with van der Waals surface area (Å²) in [6.07, 6.45) is 13.7. The Morgan fingerprint density at radius 1 is 1.31 bits per heavy atom. The Labute approximate surface area is 170 Å². The maximum atomic E-state index is 8.26. The van der Waals surface area contributed by atoms with Gasteiger partial charge in [0.05, 0.1) is 30.3 Å². The summed E-state index contributed by atoms with van der Waals surface area (Å²) in [5, 5.41) is 25.5. The average molecular weight is 394 g/mol. The van der Waals surface area contributed by atoms with Crippen LogP contribution in [0.4, 0.5) is 0 Å². The van der Waals surface area contributed by atoms with Crippen LogP contribution < -0.4 is 21.7 Å². The van der Waals surface area contributed by atoms with Gasteiger partial charge in [0.15, 0.2) is 0 Å². The fourth-order valence-electron chi connectivity index (χ4n) is 3.07. The molecule has 0 spiro atoms. The molecule has 0 bridgehead atoms. The van der Waals surface area contributed by atoms with Crippen molar-refractivity contribution in [3.05, 3.63) is 70.8 Å². The Hall–Kier alpha value is -3.59. The second kappa shape index (κ2) is 9.56. The quantitative estimate of drug-likeness (QED) is 0.289. The number of morpholine rings is 1. The normalized spacial score (nSPS) is 19.8. The van der Waals surface area contributed by atoms with E-state index >= 15 is 0 Å². The predicted octanol–water partition coefficient (Wildman–Crippen LogP) is 0.662. The molecule has 7 N–H and O–H groups in total. The highest BCUT2D eigenvalue weighted by Gasteiger charge is 2.17. The van der Waals surface area contributed by atoms with Gasteiger partial charge in [-0.25, -0.2) is 0 Å². The maximum absolute atomic E-state index is 8.26. The fourth-order valence-corrected chi connectivity index (χ4v) is 3.07. The first kappa shape index (κ1) is 20.2. The molecule has 0 atom stereocenters. The Bertz CT molecular complexity index is 882. The minimum Gasteiger partial charge on any atom is -0.404 e. The lowest BCUT2D eigenvalue weighted by molar-refractivity contribution is 0.0567. The number of dihydropyridines is 2. The van der Waals surface area contributed by atoms with Crippen molar-refractivity contribution in [3.8, 4) is 0 Å². The van der Waals surface area contributed by atoms with E-state index in [1.165, 1.54) is 12.4 Å². The molecule has 0 saturated carbocycles. The molecular formula is C20H26N8O. The molecule has 9 heteroatoms. The standard InChI is InChI=1S/C20H26N8O/c1-24-12-15(10-21)14-8-18-17(25-13-14)2-3-20(26-18)27-19(23)9-16(11-22)28-4-6-29-7-5-28/h2-3,8-13,22,25-26H,4-7,21H2,1H3,(H2,23,27). The Kier molecular flexibility index (Phi) is 6.64. The summed E-state index contributed by atoms with van der Waals surface area (Å²) >= 11 is 0. The first-order valence-corrected chi connectivity index (χ1v) is 9.27. The average Bonchev–Trinajstić information content (AvgIpc) is 2.76. The SMILES string of the molecule is CN=CC(=CN)C1=CNC2=CC=C(NC(=N)C=C(C=N)N3CCOCC3)NC2=C1. The number of amidine groups is 1. The predicted molar refractivity (Wildman–Crippen MR) is 115 cm³/mol. The van der Waals surface area contributed by atoms with Crippen molar-refractivity contribution in [2.45, 2.75) is 0 Å². The highest BCUT2D eigenvalue weighted by molar-refractivity contribution is 5.96. The van der Waals surface area contributed by atoms with E-state index < -0.39 is 0 Å². The fraction of sp³-hybridized carbons (Fsp3) is 0.250. The van der Waals surface area contributed by atoms with Crippen LogP contribution in [-0.4, -0.2) is 56.5 Å². The van der Waals surface area contributed by atoms with Gasteiger partial charge in [0.1, 0.15) is 11.7 Å². The van der Waals surface area contributed by atoms with Gasteiger partial charge in [-0.2, -0.15) is 0 Å². The van der Waals surface area contributed by atoms with Gasteiger partial charge in [0, 0.05) is 62.2 Å². The molecule has 3 aliphatic rings. The number of fused-ring (bicyclic) bond motifs is 1. The molecule has 0 radical (unpaired) electrons. The first-order chi connectivity index (χ1) is 14.1. The van der Waals surface area contributed by atoms with Gasteiger partial charge >= 0.3 is 0 Å². The summed E-state index contributed by atoms with van der Waals surface area (Å²) in [4.78, 5) is 6.06. The number of hydrogen-bond donors (Lipinski definition) is 6. The van der Waals surface area contributed by atoms with Gasteiger partial charge in [0.2, 0.25) is 0 Å². The number of rotatable bonds is 6. The zero-order valence-electron chi connectivity index (χ0n) is 16.3. The van der Waals surface area contributed by atoms with E-state index in [4.69, 9.17) is 21.3 Å². The molecule has 0 aromatic carbocycles. The van der Waals surface area contributed by atoms with Crippen LogP contribution in [0.5, 0.6) is 0 Å². The van der Waals surface area contributed by atoms with E-state index in [9.17, 15) is 0 Å². The van der Waals surface area contributed by atoms with E-state index in [2.05, 4.69) is 20.9 Å². The molecule has 1 saturated heterocycles. The summed E-state index contributed by atoms with van der Waals surface area (Å²) in [5.74, 6) is 0.851. The minimum absolute atomic E-state index is 0.186. The number of ether oxygens (including phenoxy) is 1. The lowest BCUT2D eigenvalue weighted by atomic mass is 10.0. The highest BCUT2D eigenvalue weighted by Crippen LogP contribution is 2.21. The van der Waals surface area contributed by atoms with Gasteiger partial charge in [-0.05, 0) is 18.2 Å². The molecule has 0 aromatic rings. The van der Waals surface area contributed by atoms with Crippen molar-refractivity contribution in [2.75, 3.05) is 33.4 Å². The van der Waals surface area contributed by atoms with E-state index in [-0.39, 0.29) is 5.84 Å². The molecule has 3 heterocycles. The molecule has 9 nitrogen and oxygen atoms in total. The molecule has 3 rings (SSSR count). The zero-order chi connectivity index (χ0) is 20.6. The molecule has 1 fully saturated rings. The van der Waals surface area contributed by atoms with Gasteiger partial charge in [-0.3, -0.25) is 10.4 Å². The summed E-state index contributed by atoms with van der Waals surface area (Å²) in [7, 11) is 1.70. The number of hydrogen-bond acceptors (Lipinski definition) is 8. The van der Waals surface area contributed by atoms with Crippen LogP contribution in [-0.2, 0) is 4.74 Å². The van der Waals surface area contributed by atoms with E-state index in [0.717, 1.165) is 22.5 Å². The Balaban J connectivity index is 1.68. The number of nitrogens with two attached hydrogens (primary N) is 1. The molecule has 0 unspecified atom stereocenters. The third kappa shape index (κ3) is 5.02. The topological polar surface area (TPSA) is 135 Å². The molecule has 0 aliphatic carbocycles. The minimum atomic E-state index is 0.186. The third-order valence-electron chi connectivity index (χ3n) is 4.53. The van der Waals surface area contributed by atoms with Crippen LogP contribution in [0.3, 0.4) is 0 Å². The smallest absolute Gasteiger partial charge is 0.125 e. The van der Waals surface area contributed by atoms with E-state index in [1.54, 1.807) is 19.3 Å². The van der Waals surface area contributed by atoms with E-state index in [0.29, 0.717) is 37.8 Å². The van der Waals surface area contributed by atoms with Gasteiger partial charge in [-0.15, -0.1) is 0 Å². The Morgan fingerprint density at radius 2 is 2.10 bits per heavy atom. The second-order valence-corrected chi connectivity index (χ2v) is 6.45. The van der Waals surface area contributed by atoms with Crippen molar-refractivity contribution in [2.24, 2.45) is 10.7 Å². The van der Waals surface area contributed by atoms with Crippen molar-refractivity contribution >= 4 is 18.3 Å². The van der Waals surface area contributed by atoms with E-state index in [1.807, 2.05) is 29.3 Å². The van der Waals surface area contributed by atoms with Crippen LogP contribution in [0, 0.1) is 10.8 Å². The van der Waals surface area contributed by atoms with Gasteiger partial charge in [-0.1, -0.05) is 0 Å². The maximum Gasteiger partial charge on any atom is 0.125 e. The number of nitrogens with one attached hydrogen (secondary N) is 5. The molecule has 29 heavy (non-hydrogen) atoms. The molecule has 0 amide bonds. The summed E-state index contributed by atoms with van der Waals surface area (Å²) in [5.41, 5.74) is 9.84. The van der Waals surface area contributed by atoms with Crippen molar-refractivity contribution < 1.29 is 4.74 Å². The van der Waals surface area contributed by atoms with Crippen LogP contribution in [0.25, 0.3) is 0 Å². The summed E-state index contributed by atoms with van der Waals surface area (Å²) in [6.45, 7) is 2.69. The van der Waals surface area contributed by atoms with Crippen LogP contribution in [0.2, 0.25) is 0 Å². The van der Waals surface area contributed by atoms with Crippen molar-refractivity contribution in [3.63, 3.8) is 0 Å². The van der Waals surface area contributed by atoms with Crippen LogP contribution in [0.1, 0.15) is 0 Å². The van der Waals surface area contributed by atoms with Crippen molar-refractivity contribution in [1.29, 1.82) is 10.8 Å². The number of nitrogens with zero attached hydrogens (tertiary/aromatic N) is 2. The number of allylic oxidation sites excluding steroid dienone is 6. The summed E-state index contributed by atoms with van der Waals surface area (Å²) < 4.78 is 5.34. The Morgan fingerprint density at radius 3 is 2.79 bits per heavy atom. The third-order valence-corrected chi connectivity index (χ3v) is 4.53. The molecular weight excluding hydrogens is 368 g/mol. The molecule has 152 valence electrons. The second-order valence-electron chi connectivity index (χ2n) is 6.45. The monoisotopic (exact) mass is 394 g/mol. The van der Waals surface area contributed by atoms with Crippen molar-refractivity contribution in [1.82, 2.24) is 20.9 Å². The van der Waals surface area contributed by atoms with Crippen LogP contribution >= 0.6 is 0 Å². The zero-order valence-corrected chi connectivity index (χ0v) is 16.3. The first-order valence-electron chi connectivity index (χ1n) is 9.27. The van der Waals surface area contributed by atoms with Gasteiger partial charge in [0.25, 0.3) is 0 Å². The molecule has 3 aliphatic heterocycles. The van der Waals surface area contributed by atoms with Crippen LogP contribution in [0.15, 0.2) is 75.8 Å². The lowest BCUT2D eigenvalue weighted by Gasteiger charge is -2.29. The lowest BCUT2D eigenvalue weighted by Crippen LogP contribution is -2.38. The largest absolute Gasteiger partial charge is 0.404 e. The summed E-state index contributed by atoms with van der Waals surface area (Å²) in [6, 6.07) is 0. The number of aliphatic imine (C=N–C) groups is 1. The highest BCUT2D eigenvalue weighted by atomic mass is 16.5. The molecule has 0 aromatic heterocycles. The van der Waals surface area contributed by atoms with Gasteiger partial charge < -0.3 is 36.7 Å².